The van der Waals surface area contributed by atoms with Crippen molar-refractivity contribution in [1.82, 2.24) is 5.32 Å². The SMILES string of the molecule is COc1cc(CNC(C)c2ccc3c(c2)OCCO3)cc(Cl)c1OC. The monoisotopic (exact) mass is 363 g/mol. The van der Waals surface area contributed by atoms with Crippen molar-refractivity contribution in [2.75, 3.05) is 27.4 Å². The van der Waals surface area contributed by atoms with Crippen LogP contribution in [0.4, 0.5) is 0 Å². The number of nitrogens with one attached hydrogen (secondary N) is 1. The average Bonchev–Trinajstić information content (AvgIpc) is 2.65. The summed E-state index contributed by atoms with van der Waals surface area (Å²) in [6.07, 6.45) is 0. The van der Waals surface area contributed by atoms with Gasteiger partial charge in [-0.25, -0.2) is 0 Å². The van der Waals surface area contributed by atoms with Crippen LogP contribution < -0.4 is 24.3 Å². The summed E-state index contributed by atoms with van der Waals surface area (Å²) >= 11 is 6.26. The number of halogens is 1. The maximum atomic E-state index is 6.26. The number of benzene rings is 2. The van der Waals surface area contributed by atoms with Gasteiger partial charge in [0.2, 0.25) is 0 Å². The molecule has 0 aromatic heterocycles. The van der Waals surface area contributed by atoms with Crippen molar-refractivity contribution in [3.8, 4) is 23.0 Å². The minimum absolute atomic E-state index is 0.141. The lowest BCUT2D eigenvalue weighted by atomic mass is 10.1. The summed E-state index contributed by atoms with van der Waals surface area (Å²) < 4.78 is 21.8. The molecule has 1 N–H and O–H groups in total. The number of hydrogen-bond acceptors (Lipinski definition) is 5. The third kappa shape index (κ3) is 3.94. The van der Waals surface area contributed by atoms with Gasteiger partial charge in [0, 0.05) is 12.6 Å². The van der Waals surface area contributed by atoms with Crippen LogP contribution in [-0.2, 0) is 6.54 Å². The molecule has 0 fully saturated rings. The van der Waals surface area contributed by atoms with E-state index in [1.165, 1.54) is 0 Å². The fourth-order valence-corrected chi connectivity index (χ4v) is 3.10. The Labute approximate surface area is 152 Å². The topological polar surface area (TPSA) is 49.0 Å². The molecule has 5 nitrogen and oxygen atoms in total. The van der Waals surface area contributed by atoms with Crippen molar-refractivity contribution in [2.24, 2.45) is 0 Å². The lowest BCUT2D eigenvalue weighted by Crippen LogP contribution is -2.19. The predicted octanol–water partition coefficient (Wildman–Crippen LogP) is 3.98. The van der Waals surface area contributed by atoms with Crippen LogP contribution in [0.2, 0.25) is 5.02 Å². The summed E-state index contributed by atoms with van der Waals surface area (Å²) in [5, 5.41) is 4.02. The van der Waals surface area contributed by atoms with Gasteiger partial charge < -0.3 is 24.3 Å². The van der Waals surface area contributed by atoms with Crippen LogP contribution in [0.5, 0.6) is 23.0 Å². The molecule has 1 aliphatic rings. The number of ether oxygens (including phenoxy) is 4. The summed E-state index contributed by atoms with van der Waals surface area (Å²) in [7, 11) is 3.18. The standard InChI is InChI=1S/C19H22ClNO4/c1-12(14-4-5-16-17(10-14)25-7-6-24-16)21-11-13-8-15(20)19(23-3)18(9-13)22-2/h4-5,8-10,12,21H,6-7,11H2,1-3H3. The van der Waals surface area contributed by atoms with E-state index >= 15 is 0 Å². The van der Waals surface area contributed by atoms with Crippen LogP contribution >= 0.6 is 11.6 Å². The van der Waals surface area contributed by atoms with E-state index in [0.29, 0.717) is 36.3 Å². The largest absolute Gasteiger partial charge is 0.493 e. The molecule has 0 amide bonds. The van der Waals surface area contributed by atoms with E-state index in [4.69, 9.17) is 30.5 Å². The summed E-state index contributed by atoms with van der Waals surface area (Å²) in [6.45, 7) is 3.94. The van der Waals surface area contributed by atoms with E-state index < -0.39 is 0 Å². The van der Waals surface area contributed by atoms with Gasteiger partial charge in [0.15, 0.2) is 23.0 Å². The molecule has 2 aromatic rings. The van der Waals surface area contributed by atoms with Crippen LogP contribution in [-0.4, -0.2) is 27.4 Å². The van der Waals surface area contributed by atoms with E-state index in [2.05, 4.69) is 12.2 Å². The van der Waals surface area contributed by atoms with Gasteiger partial charge in [-0.2, -0.15) is 0 Å². The van der Waals surface area contributed by atoms with Gasteiger partial charge in [0.25, 0.3) is 0 Å². The molecular formula is C19H22ClNO4. The van der Waals surface area contributed by atoms with Gasteiger partial charge in [-0.15, -0.1) is 0 Å². The quantitative estimate of drug-likeness (QED) is 0.841. The second kappa shape index (κ2) is 7.85. The van der Waals surface area contributed by atoms with Crippen LogP contribution in [0.15, 0.2) is 30.3 Å². The molecule has 0 spiro atoms. The van der Waals surface area contributed by atoms with E-state index in [1.807, 2.05) is 30.3 Å². The van der Waals surface area contributed by atoms with Crippen LogP contribution in [0.3, 0.4) is 0 Å². The Morgan fingerprint density at radius 2 is 1.84 bits per heavy atom. The molecule has 1 atom stereocenters. The van der Waals surface area contributed by atoms with Crippen LogP contribution in [0, 0.1) is 0 Å². The first-order valence-corrected chi connectivity index (χ1v) is 8.53. The van der Waals surface area contributed by atoms with Crippen molar-refractivity contribution in [3.05, 3.63) is 46.5 Å². The fraction of sp³-hybridized carbons (Fsp3) is 0.368. The van der Waals surface area contributed by atoms with Gasteiger partial charge in [-0.05, 0) is 42.3 Å². The number of methoxy groups -OCH3 is 2. The molecule has 1 aliphatic heterocycles. The minimum Gasteiger partial charge on any atom is -0.493 e. The van der Waals surface area contributed by atoms with Gasteiger partial charge >= 0.3 is 0 Å². The molecule has 2 aromatic carbocycles. The van der Waals surface area contributed by atoms with Crippen molar-refractivity contribution in [2.45, 2.75) is 19.5 Å². The Bertz CT molecular complexity index is 750. The maximum absolute atomic E-state index is 6.26. The van der Waals surface area contributed by atoms with E-state index in [0.717, 1.165) is 22.6 Å². The highest BCUT2D eigenvalue weighted by Crippen LogP contribution is 2.36. The first kappa shape index (κ1) is 17.7. The van der Waals surface area contributed by atoms with Crippen molar-refractivity contribution < 1.29 is 18.9 Å². The van der Waals surface area contributed by atoms with E-state index in [-0.39, 0.29) is 6.04 Å². The van der Waals surface area contributed by atoms with Crippen molar-refractivity contribution >= 4 is 11.6 Å². The Morgan fingerprint density at radius 1 is 1.08 bits per heavy atom. The first-order chi connectivity index (χ1) is 12.1. The third-order valence-electron chi connectivity index (χ3n) is 4.17. The van der Waals surface area contributed by atoms with E-state index in [9.17, 15) is 0 Å². The van der Waals surface area contributed by atoms with E-state index in [1.54, 1.807) is 14.2 Å². The minimum atomic E-state index is 0.141. The van der Waals surface area contributed by atoms with Gasteiger partial charge in [-0.1, -0.05) is 17.7 Å². The number of fused-ring (bicyclic) bond motifs is 1. The van der Waals surface area contributed by atoms with Crippen molar-refractivity contribution in [1.29, 1.82) is 0 Å². The summed E-state index contributed by atoms with van der Waals surface area (Å²) in [5.41, 5.74) is 2.16. The average molecular weight is 364 g/mol. The van der Waals surface area contributed by atoms with Gasteiger partial charge in [0.1, 0.15) is 13.2 Å². The molecule has 6 heteroatoms. The molecule has 25 heavy (non-hydrogen) atoms. The van der Waals surface area contributed by atoms with Gasteiger partial charge in [-0.3, -0.25) is 0 Å². The molecule has 0 saturated heterocycles. The second-order valence-corrected chi connectivity index (χ2v) is 6.23. The molecule has 1 heterocycles. The highest BCUT2D eigenvalue weighted by Gasteiger charge is 2.15. The Balaban J connectivity index is 1.70. The highest BCUT2D eigenvalue weighted by molar-refractivity contribution is 6.32. The smallest absolute Gasteiger partial charge is 0.179 e. The normalized spacial score (nSPS) is 14.1. The number of hydrogen-bond donors (Lipinski definition) is 1. The molecular weight excluding hydrogens is 342 g/mol. The van der Waals surface area contributed by atoms with Crippen LogP contribution in [0.25, 0.3) is 0 Å². The molecule has 1 unspecified atom stereocenters. The zero-order chi connectivity index (χ0) is 17.8. The third-order valence-corrected chi connectivity index (χ3v) is 4.45. The Kier molecular flexibility index (Phi) is 5.56. The lowest BCUT2D eigenvalue weighted by Gasteiger charge is -2.21. The molecule has 0 radical (unpaired) electrons. The van der Waals surface area contributed by atoms with Crippen LogP contribution in [0.1, 0.15) is 24.1 Å². The Morgan fingerprint density at radius 3 is 2.56 bits per heavy atom. The van der Waals surface area contributed by atoms with Gasteiger partial charge in [0.05, 0.1) is 19.2 Å². The summed E-state index contributed by atoms with van der Waals surface area (Å²) in [5.74, 6) is 2.77. The zero-order valence-electron chi connectivity index (χ0n) is 14.6. The van der Waals surface area contributed by atoms with Crippen molar-refractivity contribution in [3.63, 3.8) is 0 Å². The molecule has 0 bridgehead atoms. The highest BCUT2D eigenvalue weighted by atomic mass is 35.5. The summed E-state index contributed by atoms with van der Waals surface area (Å²) in [4.78, 5) is 0. The molecule has 3 rings (SSSR count). The predicted molar refractivity (Wildman–Crippen MR) is 97.2 cm³/mol. The molecule has 0 aliphatic carbocycles. The molecule has 0 saturated carbocycles. The zero-order valence-corrected chi connectivity index (χ0v) is 15.4. The molecule has 134 valence electrons. The maximum Gasteiger partial charge on any atom is 0.179 e. The second-order valence-electron chi connectivity index (χ2n) is 5.82. The lowest BCUT2D eigenvalue weighted by molar-refractivity contribution is 0.171. The Hall–Kier alpha value is -2.11. The summed E-state index contributed by atoms with van der Waals surface area (Å²) in [6, 6.07) is 9.97. The number of rotatable bonds is 6. The fourth-order valence-electron chi connectivity index (χ4n) is 2.79. The first-order valence-electron chi connectivity index (χ1n) is 8.15.